The molecule has 6 nitrogen and oxygen atoms in total. The minimum absolute atomic E-state index is 0.356. The second-order valence-electron chi connectivity index (χ2n) is 9.20. The van der Waals surface area contributed by atoms with Crippen molar-refractivity contribution < 1.29 is 14.3 Å². The Bertz CT molecular complexity index is 1660. The highest BCUT2D eigenvalue weighted by molar-refractivity contribution is 6.36. The largest absolute Gasteiger partial charge is 0.465 e. The molecule has 0 aliphatic rings. The average Bonchev–Trinajstić information content (AvgIpc) is 3.36. The molecule has 0 saturated carbocycles. The summed E-state index contributed by atoms with van der Waals surface area (Å²) in [6, 6.07) is 26.5. The first-order valence-corrected chi connectivity index (χ1v) is 13.5. The third kappa shape index (κ3) is 5.98. The number of methoxy groups -OCH3 is 1. The number of nitrogens with zero attached hydrogens (tertiary/aromatic N) is 2. The number of nitrogen functional groups attached to an aromatic ring is 1. The van der Waals surface area contributed by atoms with Crippen LogP contribution in [0.25, 0.3) is 22.4 Å². The van der Waals surface area contributed by atoms with E-state index >= 15 is 0 Å². The highest BCUT2D eigenvalue weighted by atomic mass is 35.5. The van der Waals surface area contributed by atoms with Crippen LogP contribution < -0.4 is 10.5 Å². The van der Waals surface area contributed by atoms with Gasteiger partial charge in [0.05, 0.1) is 29.1 Å². The molecule has 4 aromatic carbocycles. The predicted molar refractivity (Wildman–Crippen MR) is 160 cm³/mol. The SMILES string of the molecule is CCn1cc(-c2ccc(Cl)cc2Cl)nc1Cc1ccc(-c2ccc(Oc3ccc(C(=O)OC)cc3N)cc2)cc1. The maximum absolute atomic E-state index is 11.7. The Labute approximate surface area is 242 Å². The molecule has 0 aliphatic carbocycles. The van der Waals surface area contributed by atoms with Crippen LogP contribution in [0.15, 0.2) is 91.1 Å². The zero-order valence-corrected chi connectivity index (χ0v) is 23.5. The van der Waals surface area contributed by atoms with E-state index in [4.69, 9.17) is 43.4 Å². The van der Waals surface area contributed by atoms with Gasteiger partial charge in [-0.05, 0) is 72.1 Å². The van der Waals surface area contributed by atoms with E-state index < -0.39 is 5.97 Å². The van der Waals surface area contributed by atoms with E-state index in [0.29, 0.717) is 39.2 Å². The van der Waals surface area contributed by atoms with Crippen LogP contribution in [0.5, 0.6) is 11.5 Å². The Morgan fingerprint density at radius 2 is 1.62 bits per heavy atom. The Balaban J connectivity index is 1.28. The first-order valence-electron chi connectivity index (χ1n) is 12.7. The van der Waals surface area contributed by atoms with Crippen molar-refractivity contribution in [3.63, 3.8) is 0 Å². The molecule has 2 N–H and O–H groups in total. The number of rotatable bonds is 8. The van der Waals surface area contributed by atoms with Gasteiger partial charge in [-0.3, -0.25) is 0 Å². The number of halogens is 2. The smallest absolute Gasteiger partial charge is 0.337 e. The zero-order chi connectivity index (χ0) is 28.2. The maximum Gasteiger partial charge on any atom is 0.337 e. The van der Waals surface area contributed by atoms with Gasteiger partial charge in [0, 0.05) is 29.7 Å². The normalized spacial score (nSPS) is 10.9. The molecule has 0 amide bonds. The van der Waals surface area contributed by atoms with E-state index in [2.05, 4.69) is 35.8 Å². The predicted octanol–water partition coefficient (Wildman–Crippen LogP) is 8.30. The molecule has 5 rings (SSSR count). The van der Waals surface area contributed by atoms with Crippen molar-refractivity contribution in [1.82, 2.24) is 9.55 Å². The topological polar surface area (TPSA) is 79.4 Å². The first-order chi connectivity index (χ1) is 19.3. The second kappa shape index (κ2) is 11.9. The molecule has 0 fully saturated rings. The number of ether oxygens (including phenoxy) is 2. The molecule has 0 bridgehead atoms. The fourth-order valence-electron chi connectivity index (χ4n) is 4.42. The number of nitrogens with two attached hydrogens (primary N) is 1. The van der Waals surface area contributed by atoms with Gasteiger partial charge < -0.3 is 19.8 Å². The Morgan fingerprint density at radius 3 is 2.25 bits per heavy atom. The van der Waals surface area contributed by atoms with E-state index in [1.54, 1.807) is 18.2 Å². The van der Waals surface area contributed by atoms with Gasteiger partial charge in [0.2, 0.25) is 0 Å². The number of carbonyl (C=O) groups is 1. The summed E-state index contributed by atoms with van der Waals surface area (Å²) in [6.45, 7) is 2.90. The number of aromatic nitrogens is 2. The molecule has 0 aliphatic heterocycles. The highest BCUT2D eigenvalue weighted by Gasteiger charge is 2.13. The van der Waals surface area contributed by atoms with Crippen molar-refractivity contribution >= 4 is 34.9 Å². The lowest BCUT2D eigenvalue weighted by Gasteiger charge is -2.11. The average molecular weight is 572 g/mol. The molecule has 0 radical (unpaired) electrons. The number of esters is 1. The number of aryl methyl sites for hydroxylation is 1. The molecule has 0 saturated heterocycles. The summed E-state index contributed by atoms with van der Waals surface area (Å²) in [7, 11) is 1.33. The molecule has 1 aromatic heterocycles. The van der Waals surface area contributed by atoms with Crippen LogP contribution in [0.4, 0.5) is 5.69 Å². The molecular weight excluding hydrogens is 545 g/mol. The van der Waals surface area contributed by atoms with E-state index in [-0.39, 0.29) is 0 Å². The molecule has 40 heavy (non-hydrogen) atoms. The number of benzene rings is 4. The zero-order valence-electron chi connectivity index (χ0n) is 22.0. The van der Waals surface area contributed by atoms with Gasteiger partial charge in [-0.2, -0.15) is 0 Å². The van der Waals surface area contributed by atoms with Crippen molar-refractivity contribution in [3.8, 4) is 33.9 Å². The summed E-state index contributed by atoms with van der Waals surface area (Å²) in [5.74, 6) is 1.63. The Kier molecular flexibility index (Phi) is 8.10. The Hall–Kier alpha value is -4.26. The number of anilines is 1. The quantitative estimate of drug-likeness (QED) is 0.150. The fourth-order valence-corrected chi connectivity index (χ4v) is 4.93. The number of hydrogen-bond acceptors (Lipinski definition) is 5. The standard InChI is InChI=1S/C32H27Cl2N3O3/c1-3-37-19-29(26-14-11-24(33)18-27(26)34)36-31(37)16-20-4-6-21(7-5-20)22-8-12-25(13-9-22)40-30-15-10-23(17-28(30)35)32(38)39-2/h4-15,17-19H,3,16,35H2,1-2H3. The third-order valence-corrected chi connectivity index (χ3v) is 7.12. The van der Waals surface area contributed by atoms with Crippen LogP contribution in [-0.4, -0.2) is 22.6 Å². The third-order valence-electron chi connectivity index (χ3n) is 6.57. The van der Waals surface area contributed by atoms with Crippen molar-refractivity contribution in [2.24, 2.45) is 0 Å². The molecule has 0 atom stereocenters. The lowest BCUT2D eigenvalue weighted by Crippen LogP contribution is -2.02. The molecule has 1 heterocycles. The lowest BCUT2D eigenvalue weighted by atomic mass is 10.0. The van der Waals surface area contributed by atoms with Crippen LogP contribution in [0.2, 0.25) is 10.0 Å². The van der Waals surface area contributed by atoms with Gasteiger partial charge in [0.25, 0.3) is 0 Å². The number of imidazole rings is 1. The van der Waals surface area contributed by atoms with E-state index in [0.717, 1.165) is 40.3 Å². The minimum atomic E-state index is -0.447. The van der Waals surface area contributed by atoms with Gasteiger partial charge in [0.15, 0.2) is 0 Å². The summed E-state index contributed by atoms with van der Waals surface area (Å²) in [5.41, 5.74) is 11.8. The van der Waals surface area contributed by atoms with Crippen LogP contribution in [0.3, 0.4) is 0 Å². The van der Waals surface area contributed by atoms with Crippen molar-refractivity contribution in [3.05, 3.63) is 118 Å². The molecular formula is C32H27Cl2N3O3. The molecule has 202 valence electrons. The summed E-state index contributed by atoms with van der Waals surface area (Å²) >= 11 is 12.5. The summed E-state index contributed by atoms with van der Waals surface area (Å²) in [6.07, 6.45) is 2.73. The molecule has 8 heteroatoms. The summed E-state index contributed by atoms with van der Waals surface area (Å²) < 4.78 is 12.8. The van der Waals surface area contributed by atoms with Crippen molar-refractivity contribution in [2.45, 2.75) is 19.9 Å². The molecule has 0 unspecified atom stereocenters. The van der Waals surface area contributed by atoms with Gasteiger partial charge >= 0.3 is 5.97 Å². The minimum Gasteiger partial charge on any atom is -0.465 e. The van der Waals surface area contributed by atoms with Gasteiger partial charge in [-0.25, -0.2) is 9.78 Å². The van der Waals surface area contributed by atoms with Gasteiger partial charge in [-0.15, -0.1) is 0 Å². The highest BCUT2D eigenvalue weighted by Crippen LogP contribution is 2.32. The number of carbonyl (C=O) groups excluding carboxylic acids is 1. The number of hydrogen-bond donors (Lipinski definition) is 1. The molecule has 5 aromatic rings. The van der Waals surface area contributed by atoms with Crippen molar-refractivity contribution in [2.75, 3.05) is 12.8 Å². The van der Waals surface area contributed by atoms with Crippen LogP contribution >= 0.6 is 23.2 Å². The van der Waals surface area contributed by atoms with Crippen molar-refractivity contribution in [1.29, 1.82) is 0 Å². The first kappa shape index (κ1) is 27.3. The summed E-state index contributed by atoms with van der Waals surface area (Å²) in [4.78, 5) is 16.6. The van der Waals surface area contributed by atoms with Crippen LogP contribution in [0, 0.1) is 0 Å². The fraction of sp³-hybridized carbons (Fsp3) is 0.125. The van der Waals surface area contributed by atoms with Gasteiger partial charge in [-0.1, -0.05) is 59.6 Å². The second-order valence-corrected chi connectivity index (χ2v) is 10.0. The van der Waals surface area contributed by atoms with Crippen LogP contribution in [-0.2, 0) is 17.7 Å². The van der Waals surface area contributed by atoms with E-state index in [9.17, 15) is 4.79 Å². The summed E-state index contributed by atoms with van der Waals surface area (Å²) in [5, 5.41) is 1.18. The lowest BCUT2D eigenvalue weighted by molar-refractivity contribution is 0.0601. The van der Waals surface area contributed by atoms with Gasteiger partial charge in [0.1, 0.15) is 17.3 Å². The van der Waals surface area contributed by atoms with E-state index in [1.165, 1.54) is 13.2 Å². The monoisotopic (exact) mass is 571 g/mol. The van der Waals surface area contributed by atoms with E-state index in [1.807, 2.05) is 42.6 Å². The molecule has 0 spiro atoms. The maximum atomic E-state index is 11.7. The van der Waals surface area contributed by atoms with Crippen LogP contribution in [0.1, 0.15) is 28.7 Å². The Morgan fingerprint density at radius 1 is 0.925 bits per heavy atom.